The van der Waals surface area contributed by atoms with Crippen molar-refractivity contribution in [1.29, 1.82) is 0 Å². The molecule has 1 N–H and O–H groups in total. The van der Waals surface area contributed by atoms with Crippen molar-refractivity contribution in [3.63, 3.8) is 0 Å². The molecule has 1 saturated heterocycles. The molecule has 1 aliphatic carbocycles. The van der Waals surface area contributed by atoms with E-state index in [4.69, 9.17) is 4.74 Å². The van der Waals surface area contributed by atoms with Gasteiger partial charge in [0, 0.05) is 12.6 Å². The van der Waals surface area contributed by atoms with Gasteiger partial charge in [-0.1, -0.05) is 19.3 Å². The van der Waals surface area contributed by atoms with Gasteiger partial charge in [-0.05, 0) is 25.7 Å². The summed E-state index contributed by atoms with van der Waals surface area (Å²) in [7, 11) is -3.08. The average molecular weight is 247 g/mol. The van der Waals surface area contributed by atoms with E-state index in [1.165, 1.54) is 25.5 Å². The van der Waals surface area contributed by atoms with Gasteiger partial charge >= 0.3 is 0 Å². The fourth-order valence-corrected chi connectivity index (χ4v) is 3.78. The lowest BCUT2D eigenvalue weighted by molar-refractivity contribution is -0.106. The third-order valence-corrected chi connectivity index (χ3v) is 4.40. The number of rotatable bonds is 2. The van der Waals surface area contributed by atoms with Crippen LogP contribution in [0, 0.1) is 0 Å². The standard InChI is InChI=1S/C11H21NO3S/c1-16(13,14)12-10-5-8-15-11(9-10)6-3-2-4-7-11/h10,12H,2-9H2,1H3. The Balaban J connectivity index is 1.98. The highest BCUT2D eigenvalue weighted by atomic mass is 32.2. The molecule has 1 atom stereocenters. The maximum Gasteiger partial charge on any atom is 0.208 e. The zero-order valence-electron chi connectivity index (χ0n) is 9.87. The lowest BCUT2D eigenvalue weighted by atomic mass is 9.78. The zero-order valence-corrected chi connectivity index (χ0v) is 10.7. The third-order valence-electron chi connectivity index (χ3n) is 3.64. The van der Waals surface area contributed by atoms with E-state index in [9.17, 15) is 8.42 Å². The monoisotopic (exact) mass is 247 g/mol. The quantitative estimate of drug-likeness (QED) is 0.803. The Kier molecular flexibility index (Phi) is 3.56. The van der Waals surface area contributed by atoms with Gasteiger partial charge in [0.2, 0.25) is 10.0 Å². The highest BCUT2D eigenvalue weighted by Gasteiger charge is 2.39. The average Bonchev–Trinajstić information content (AvgIpc) is 2.16. The van der Waals surface area contributed by atoms with Gasteiger partial charge in [0.05, 0.1) is 11.9 Å². The van der Waals surface area contributed by atoms with Gasteiger partial charge in [0.15, 0.2) is 0 Å². The molecule has 0 radical (unpaired) electrons. The number of hydrogen-bond donors (Lipinski definition) is 1. The van der Waals surface area contributed by atoms with E-state index in [-0.39, 0.29) is 11.6 Å². The summed E-state index contributed by atoms with van der Waals surface area (Å²) in [4.78, 5) is 0. The van der Waals surface area contributed by atoms with Gasteiger partial charge < -0.3 is 4.74 Å². The van der Waals surface area contributed by atoms with E-state index in [0.29, 0.717) is 6.61 Å². The molecule has 94 valence electrons. The van der Waals surface area contributed by atoms with Crippen LogP contribution >= 0.6 is 0 Å². The largest absolute Gasteiger partial charge is 0.375 e. The molecular weight excluding hydrogens is 226 g/mol. The van der Waals surface area contributed by atoms with Crippen molar-refractivity contribution in [3.8, 4) is 0 Å². The molecule has 1 spiro atoms. The van der Waals surface area contributed by atoms with Gasteiger partial charge in [-0.3, -0.25) is 0 Å². The van der Waals surface area contributed by atoms with Crippen molar-refractivity contribution in [1.82, 2.24) is 4.72 Å². The molecule has 0 aromatic rings. The van der Waals surface area contributed by atoms with Crippen molar-refractivity contribution >= 4 is 10.0 Å². The van der Waals surface area contributed by atoms with Crippen molar-refractivity contribution < 1.29 is 13.2 Å². The van der Waals surface area contributed by atoms with Crippen LogP contribution in [0.4, 0.5) is 0 Å². The molecule has 1 aliphatic heterocycles. The summed E-state index contributed by atoms with van der Waals surface area (Å²) in [6.07, 6.45) is 8.78. The van der Waals surface area contributed by atoms with Crippen LogP contribution in [0.5, 0.6) is 0 Å². The van der Waals surface area contributed by atoms with Crippen molar-refractivity contribution in [2.45, 2.75) is 56.6 Å². The van der Waals surface area contributed by atoms with Crippen LogP contribution in [0.25, 0.3) is 0 Å². The minimum absolute atomic E-state index is 0.0289. The number of ether oxygens (including phenoxy) is 1. The summed E-state index contributed by atoms with van der Waals surface area (Å²) >= 11 is 0. The second-order valence-electron chi connectivity index (χ2n) is 5.17. The number of nitrogens with one attached hydrogen (secondary N) is 1. The second kappa shape index (κ2) is 4.63. The highest BCUT2D eigenvalue weighted by molar-refractivity contribution is 7.88. The lowest BCUT2D eigenvalue weighted by Crippen LogP contribution is -2.49. The summed E-state index contributed by atoms with van der Waals surface area (Å²) in [5.41, 5.74) is -0.0289. The Hall–Kier alpha value is -0.130. The lowest BCUT2D eigenvalue weighted by Gasteiger charge is -2.43. The minimum Gasteiger partial charge on any atom is -0.375 e. The van der Waals surface area contributed by atoms with Crippen LogP contribution in [-0.2, 0) is 14.8 Å². The first-order chi connectivity index (χ1) is 7.49. The SMILES string of the molecule is CS(=O)(=O)NC1CCOC2(CCCCC2)C1. The first-order valence-corrected chi connectivity index (χ1v) is 8.00. The van der Waals surface area contributed by atoms with E-state index >= 15 is 0 Å². The molecule has 0 amide bonds. The van der Waals surface area contributed by atoms with Gasteiger partial charge in [-0.25, -0.2) is 13.1 Å². The Morgan fingerprint density at radius 3 is 2.56 bits per heavy atom. The summed E-state index contributed by atoms with van der Waals surface area (Å²) in [5.74, 6) is 0. The van der Waals surface area contributed by atoms with Gasteiger partial charge in [0.25, 0.3) is 0 Å². The fraction of sp³-hybridized carbons (Fsp3) is 1.00. The minimum atomic E-state index is -3.08. The smallest absolute Gasteiger partial charge is 0.208 e. The Bertz CT molecular complexity index is 328. The Labute approximate surface area is 97.8 Å². The predicted octanol–water partition coefficient (Wildman–Crippen LogP) is 1.42. The van der Waals surface area contributed by atoms with Crippen LogP contribution in [0.15, 0.2) is 0 Å². The Morgan fingerprint density at radius 1 is 1.25 bits per heavy atom. The first kappa shape index (κ1) is 12.3. The van der Waals surface area contributed by atoms with Crippen LogP contribution in [0.3, 0.4) is 0 Å². The molecule has 0 aromatic heterocycles. The maximum absolute atomic E-state index is 11.2. The molecule has 1 saturated carbocycles. The summed E-state index contributed by atoms with van der Waals surface area (Å²) < 4.78 is 31.1. The molecule has 2 fully saturated rings. The molecule has 1 heterocycles. The normalized spacial score (nSPS) is 30.4. The van der Waals surface area contributed by atoms with E-state index in [1.807, 2.05) is 0 Å². The molecule has 1 unspecified atom stereocenters. The van der Waals surface area contributed by atoms with Crippen molar-refractivity contribution in [3.05, 3.63) is 0 Å². The first-order valence-electron chi connectivity index (χ1n) is 6.10. The molecular formula is C11H21NO3S. The summed E-state index contributed by atoms with van der Waals surface area (Å²) in [6.45, 7) is 0.688. The topological polar surface area (TPSA) is 55.4 Å². The molecule has 0 aromatic carbocycles. The van der Waals surface area contributed by atoms with Gasteiger partial charge in [0.1, 0.15) is 0 Å². The van der Waals surface area contributed by atoms with Crippen molar-refractivity contribution in [2.75, 3.05) is 12.9 Å². The zero-order chi connectivity index (χ0) is 11.6. The number of sulfonamides is 1. The molecule has 0 bridgehead atoms. The molecule has 2 rings (SSSR count). The molecule has 16 heavy (non-hydrogen) atoms. The molecule has 5 heteroatoms. The maximum atomic E-state index is 11.2. The van der Waals surface area contributed by atoms with Crippen LogP contribution in [0.1, 0.15) is 44.9 Å². The third kappa shape index (κ3) is 3.18. The number of hydrogen-bond acceptors (Lipinski definition) is 3. The predicted molar refractivity (Wildman–Crippen MR) is 62.8 cm³/mol. The summed E-state index contributed by atoms with van der Waals surface area (Å²) in [5, 5.41) is 0. The van der Waals surface area contributed by atoms with Gasteiger partial charge in [-0.2, -0.15) is 0 Å². The van der Waals surface area contributed by atoms with Crippen LogP contribution < -0.4 is 4.72 Å². The van der Waals surface area contributed by atoms with E-state index in [0.717, 1.165) is 25.7 Å². The van der Waals surface area contributed by atoms with Gasteiger partial charge in [-0.15, -0.1) is 0 Å². The van der Waals surface area contributed by atoms with Crippen LogP contribution in [-0.4, -0.2) is 32.9 Å². The molecule has 4 nitrogen and oxygen atoms in total. The molecule has 2 aliphatic rings. The highest BCUT2D eigenvalue weighted by Crippen LogP contribution is 2.38. The fourth-order valence-electron chi connectivity index (χ4n) is 2.98. The van der Waals surface area contributed by atoms with E-state index < -0.39 is 10.0 Å². The van der Waals surface area contributed by atoms with E-state index in [1.54, 1.807) is 0 Å². The van der Waals surface area contributed by atoms with Crippen LogP contribution in [0.2, 0.25) is 0 Å². The summed E-state index contributed by atoms with van der Waals surface area (Å²) in [6, 6.07) is 0.0712. The Morgan fingerprint density at radius 2 is 1.94 bits per heavy atom. The van der Waals surface area contributed by atoms with Crippen molar-refractivity contribution in [2.24, 2.45) is 0 Å². The van der Waals surface area contributed by atoms with E-state index in [2.05, 4.69) is 4.72 Å². The second-order valence-corrected chi connectivity index (χ2v) is 6.95.